The van der Waals surface area contributed by atoms with E-state index in [0.717, 1.165) is 19.2 Å². The van der Waals surface area contributed by atoms with E-state index < -0.39 is 17.8 Å². The monoisotopic (exact) mass is 641 g/mol. The smallest absolute Gasteiger partial charge is 0.380 e. The van der Waals surface area contributed by atoms with Crippen LogP contribution < -0.4 is 21.3 Å². The Bertz CT molecular complexity index is 1650. The van der Waals surface area contributed by atoms with Gasteiger partial charge in [-0.2, -0.15) is 18.3 Å². The summed E-state index contributed by atoms with van der Waals surface area (Å²) in [6, 6.07) is 9.69. The molecule has 0 atom stereocenters. The van der Waals surface area contributed by atoms with Crippen molar-refractivity contribution >= 4 is 40.1 Å². The van der Waals surface area contributed by atoms with Gasteiger partial charge in [0.15, 0.2) is 17.5 Å². The summed E-state index contributed by atoms with van der Waals surface area (Å²) in [7, 11) is 0. The van der Waals surface area contributed by atoms with Crippen molar-refractivity contribution in [1.82, 2.24) is 25.1 Å². The van der Waals surface area contributed by atoms with Gasteiger partial charge in [0.05, 0.1) is 45.2 Å². The van der Waals surface area contributed by atoms with Crippen LogP contribution in [0.5, 0.6) is 0 Å². The number of nitrogens with two attached hydrogens (primary N) is 1. The number of benzene rings is 2. The normalized spacial score (nSPS) is 16.1. The Morgan fingerprint density at radius 3 is 2.35 bits per heavy atom. The predicted octanol–water partition coefficient (Wildman–Crippen LogP) is 3.95. The van der Waals surface area contributed by atoms with Crippen LogP contribution in [0, 0.1) is 0 Å². The molecular weight excluding hydrogens is 607 g/mol. The zero-order chi connectivity index (χ0) is 32.1. The second-order valence-electron chi connectivity index (χ2n) is 10.8. The van der Waals surface area contributed by atoms with Crippen LogP contribution >= 0.6 is 0 Å². The number of hydrogen-bond donors (Lipinski definition) is 4. The molecule has 46 heavy (non-hydrogen) atoms. The molecule has 0 bridgehead atoms. The van der Waals surface area contributed by atoms with Gasteiger partial charge < -0.3 is 35.5 Å². The summed E-state index contributed by atoms with van der Waals surface area (Å²) in [5.74, 6) is 1.34. The van der Waals surface area contributed by atoms with Crippen LogP contribution in [0.3, 0.4) is 0 Å². The zero-order valence-electron chi connectivity index (χ0n) is 24.9. The lowest BCUT2D eigenvalue weighted by Gasteiger charge is -2.28. The molecule has 5 N–H and O–H groups in total. The third-order valence-electron chi connectivity index (χ3n) is 7.72. The molecule has 0 radical (unpaired) electrons. The van der Waals surface area contributed by atoms with Gasteiger partial charge in [0, 0.05) is 49.7 Å². The SMILES string of the molecule is Nc1n[nH]c2c(N3CCOCC3)nc(-c3ccc(NC(=O)Nc4ccc(COCCN5CCOCC5)c(C(F)(F)F)c4)cc3)nc12. The van der Waals surface area contributed by atoms with Crippen LogP contribution in [-0.4, -0.2) is 96.9 Å². The summed E-state index contributed by atoms with van der Waals surface area (Å²) >= 11 is 0. The minimum atomic E-state index is -4.62. The number of H-pyrrole nitrogens is 1. The number of carbonyl (C=O) groups is 1. The number of morpholine rings is 2. The Morgan fingerprint density at radius 2 is 1.63 bits per heavy atom. The number of alkyl halides is 3. The maximum Gasteiger partial charge on any atom is 0.416 e. The minimum absolute atomic E-state index is 0.00597. The molecule has 4 aromatic rings. The number of urea groups is 1. The Hall–Kier alpha value is -4.51. The lowest BCUT2D eigenvalue weighted by atomic mass is 10.1. The maximum atomic E-state index is 13.9. The summed E-state index contributed by atoms with van der Waals surface area (Å²) in [6.45, 7) is 5.96. The van der Waals surface area contributed by atoms with Crippen LogP contribution in [0.1, 0.15) is 11.1 Å². The number of anilines is 4. The molecule has 0 unspecified atom stereocenters. The summed E-state index contributed by atoms with van der Waals surface area (Å²) in [6.07, 6.45) is -4.62. The highest BCUT2D eigenvalue weighted by atomic mass is 19.4. The number of aromatic nitrogens is 4. The fourth-order valence-electron chi connectivity index (χ4n) is 5.28. The van der Waals surface area contributed by atoms with Crippen LogP contribution in [-0.2, 0) is 27.0 Å². The largest absolute Gasteiger partial charge is 0.416 e. The molecule has 2 aromatic carbocycles. The van der Waals surface area contributed by atoms with Crippen molar-refractivity contribution in [2.45, 2.75) is 12.8 Å². The summed E-state index contributed by atoms with van der Waals surface area (Å²) in [5, 5.41) is 12.1. The van der Waals surface area contributed by atoms with Crippen molar-refractivity contribution in [1.29, 1.82) is 0 Å². The number of ether oxygens (including phenoxy) is 3. The molecule has 2 aromatic heterocycles. The quantitative estimate of drug-likeness (QED) is 0.198. The van der Waals surface area contributed by atoms with Crippen LogP contribution in [0.25, 0.3) is 22.4 Å². The first-order chi connectivity index (χ1) is 22.2. The Kier molecular flexibility index (Phi) is 9.48. The number of nitrogens with zero attached hydrogens (tertiary/aromatic N) is 5. The number of fused-ring (bicyclic) bond motifs is 1. The molecular formula is C30H34F3N9O4. The van der Waals surface area contributed by atoms with Gasteiger partial charge in [0.1, 0.15) is 11.0 Å². The summed E-state index contributed by atoms with van der Waals surface area (Å²) < 4.78 is 57.9. The van der Waals surface area contributed by atoms with Gasteiger partial charge in [0.25, 0.3) is 0 Å². The Morgan fingerprint density at radius 1 is 0.957 bits per heavy atom. The highest BCUT2D eigenvalue weighted by Gasteiger charge is 2.34. The van der Waals surface area contributed by atoms with Crippen molar-refractivity contribution in [2.24, 2.45) is 0 Å². The fourth-order valence-corrected chi connectivity index (χ4v) is 5.28. The molecule has 6 rings (SSSR count). The molecule has 0 spiro atoms. The number of carbonyl (C=O) groups excluding carboxylic acids is 1. The zero-order valence-corrected chi connectivity index (χ0v) is 24.9. The van der Waals surface area contributed by atoms with Gasteiger partial charge in [-0.05, 0) is 42.0 Å². The molecule has 244 valence electrons. The van der Waals surface area contributed by atoms with Gasteiger partial charge in [-0.25, -0.2) is 14.8 Å². The number of nitrogens with one attached hydrogen (secondary N) is 3. The van der Waals surface area contributed by atoms with E-state index in [1.165, 1.54) is 12.1 Å². The van der Waals surface area contributed by atoms with Crippen molar-refractivity contribution in [3.05, 3.63) is 53.6 Å². The molecule has 2 amide bonds. The predicted molar refractivity (Wildman–Crippen MR) is 166 cm³/mol. The van der Waals surface area contributed by atoms with Crippen molar-refractivity contribution in [3.63, 3.8) is 0 Å². The van der Waals surface area contributed by atoms with Gasteiger partial charge in [-0.1, -0.05) is 6.07 Å². The number of amides is 2. The highest BCUT2D eigenvalue weighted by Crippen LogP contribution is 2.34. The molecule has 2 saturated heterocycles. The molecule has 0 saturated carbocycles. The lowest BCUT2D eigenvalue weighted by Crippen LogP contribution is -2.38. The van der Waals surface area contributed by atoms with Crippen LogP contribution in [0.15, 0.2) is 42.5 Å². The number of halogens is 3. The van der Waals surface area contributed by atoms with Gasteiger partial charge in [-0.3, -0.25) is 10.00 Å². The molecule has 4 heterocycles. The Balaban J connectivity index is 1.09. The number of nitrogen functional groups attached to an aromatic ring is 1. The van der Waals surface area contributed by atoms with Crippen LogP contribution in [0.2, 0.25) is 0 Å². The lowest BCUT2D eigenvalue weighted by molar-refractivity contribution is -0.138. The molecule has 2 fully saturated rings. The van der Waals surface area contributed by atoms with E-state index in [4.69, 9.17) is 24.9 Å². The first-order valence-electron chi connectivity index (χ1n) is 14.9. The van der Waals surface area contributed by atoms with E-state index in [1.54, 1.807) is 24.3 Å². The average molecular weight is 642 g/mol. The first-order valence-corrected chi connectivity index (χ1v) is 14.9. The summed E-state index contributed by atoms with van der Waals surface area (Å²) in [4.78, 5) is 26.3. The summed E-state index contributed by atoms with van der Waals surface area (Å²) in [5.41, 5.74) is 7.39. The van der Waals surface area contributed by atoms with Crippen molar-refractivity contribution in [2.75, 3.05) is 87.0 Å². The van der Waals surface area contributed by atoms with E-state index in [1.807, 2.05) is 0 Å². The standard InChI is InChI=1S/C30H34F3N9O4/c31-30(32,33)23-17-22(6-3-20(23)18-46-14-9-41-7-12-44-13-8-41)36-29(43)35-21-4-1-19(2-5-21)27-37-24-25(39-40-26(24)34)28(38-27)42-10-15-45-16-11-42/h1-6,17H,7-16,18H2,(H3,34,39,40)(H2,35,36,43). The number of aromatic amines is 1. The molecule has 0 aliphatic carbocycles. The molecule has 13 nitrogen and oxygen atoms in total. The van der Waals surface area contributed by atoms with Crippen molar-refractivity contribution < 1.29 is 32.2 Å². The Labute approximate surface area is 262 Å². The third kappa shape index (κ3) is 7.47. The number of rotatable bonds is 9. The second kappa shape index (κ2) is 13.9. The first kappa shape index (κ1) is 31.5. The molecule has 2 aliphatic heterocycles. The third-order valence-corrected chi connectivity index (χ3v) is 7.72. The minimum Gasteiger partial charge on any atom is -0.380 e. The van der Waals surface area contributed by atoms with Crippen molar-refractivity contribution in [3.8, 4) is 11.4 Å². The van der Waals surface area contributed by atoms with E-state index >= 15 is 0 Å². The van der Waals surface area contributed by atoms with Gasteiger partial charge in [-0.15, -0.1) is 0 Å². The van der Waals surface area contributed by atoms with Gasteiger partial charge in [0.2, 0.25) is 0 Å². The maximum absolute atomic E-state index is 13.9. The van der Waals surface area contributed by atoms with Crippen LogP contribution in [0.4, 0.5) is 41.0 Å². The topological polar surface area (TPSA) is 156 Å². The van der Waals surface area contributed by atoms with E-state index in [9.17, 15) is 18.0 Å². The van der Waals surface area contributed by atoms with E-state index in [-0.39, 0.29) is 23.7 Å². The fraction of sp³-hybridized carbons (Fsp3) is 0.400. The highest BCUT2D eigenvalue weighted by molar-refractivity contribution is 6.00. The second-order valence-corrected chi connectivity index (χ2v) is 10.8. The van der Waals surface area contributed by atoms with E-state index in [2.05, 4.69) is 35.6 Å². The van der Waals surface area contributed by atoms with E-state index in [0.29, 0.717) is 86.6 Å². The average Bonchev–Trinajstić information content (AvgIpc) is 3.44. The van der Waals surface area contributed by atoms with Gasteiger partial charge >= 0.3 is 12.2 Å². The molecule has 2 aliphatic rings. The number of hydrogen-bond acceptors (Lipinski definition) is 10. The molecule has 16 heteroatoms.